The summed E-state index contributed by atoms with van der Waals surface area (Å²) in [7, 11) is 4.81. The molecule has 0 aliphatic rings. The maximum absolute atomic E-state index is 2.40. The molecule has 0 aromatic rings. The van der Waals surface area contributed by atoms with Gasteiger partial charge in [-0.1, -0.05) is 65.2 Å². The van der Waals surface area contributed by atoms with Crippen molar-refractivity contribution in [2.24, 2.45) is 0 Å². The molecule has 0 spiro atoms. The first kappa shape index (κ1) is 19.0. The molecule has 116 valence electrons. The summed E-state index contributed by atoms with van der Waals surface area (Å²) in [5.41, 5.74) is 0. The van der Waals surface area contributed by atoms with E-state index in [-0.39, 0.29) is 0 Å². The number of rotatable bonds is 14. The van der Waals surface area contributed by atoms with Crippen molar-refractivity contribution in [2.45, 2.75) is 90.9 Å². The fourth-order valence-electron chi connectivity index (χ4n) is 2.75. The first-order valence-corrected chi connectivity index (χ1v) is 8.94. The van der Waals surface area contributed by atoms with E-state index in [1.165, 1.54) is 94.6 Å². The van der Waals surface area contributed by atoms with Gasteiger partial charge in [0.1, 0.15) is 0 Å². The zero-order chi connectivity index (χ0) is 14.4. The molecule has 0 bridgehead atoms. The highest BCUT2D eigenvalue weighted by atomic mass is 15.3. The van der Waals surface area contributed by atoms with Gasteiger partial charge in [-0.3, -0.25) is 0 Å². The summed E-state index contributed by atoms with van der Waals surface area (Å²) in [5, 5.41) is 0. The molecule has 0 saturated heterocycles. The first-order valence-electron chi connectivity index (χ1n) is 8.94. The Hall–Kier alpha value is -0.0400. The molecule has 0 aromatic heterocycles. The number of hydrogen-bond donors (Lipinski definition) is 0. The smallest absolute Gasteiger partial charge is 0.0782 e. The molecule has 0 atom stereocenters. The van der Waals surface area contributed by atoms with Gasteiger partial charge in [-0.05, 0) is 25.7 Å². The largest absolute Gasteiger partial charge is 0.328 e. The summed E-state index contributed by atoms with van der Waals surface area (Å²) in [6, 6.07) is 0. The molecule has 0 saturated carbocycles. The average Bonchev–Trinajstić information content (AvgIpc) is 2.37. The number of nitrogens with zero attached hydrogens (tertiary/aromatic N) is 1. The Bertz CT molecular complexity index is 175. The van der Waals surface area contributed by atoms with E-state index in [2.05, 4.69) is 27.9 Å². The van der Waals surface area contributed by atoms with Crippen molar-refractivity contribution in [2.75, 3.05) is 27.2 Å². The van der Waals surface area contributed by atoms with Gasteiger partial charge in [0, 0.05) is 0 Å². The Balaban J connectivity index is 3.27. The summed E-state index contributed by atoms with van der Waals surface area (Å²) in [5.74, 6) is 0. The Kier molecular flexibility index (Phi) is 12.9. The SMILES string of the molecule is CCCCCCCCCCC[N+](C)(C)CCCCC. The normalized spacial score (nSPS) is 12.0. The van der Waals surface area contributed by atoms with Crippen LogP contribution < -0.4 is 0 Å². The maximum atomic E-state index is 2.40. The van der Waals surface area contributed by atoms with Gasteiger partial charge in [0.2, 0.25) is 0 Å². The van der Waals surface area contributed by atoms with Gasteiger partial charge < -0.3 is 4.48 Å². The van der Waals surface area contributed by atoms with Crippen LogP contribution in [0, 0.1) is 0 Å². The van der Waals surface area contributed by atoms with E-state index in [9.17, 15) is 0 Å². The van der Waals surface area contributed by atoms with Crippen LogP contribution >= 0.6 is 0 Å². The highest BCUT2D eigenvalue weighted by Gasteiger charge is 2.13. The number of quaternary nitrogens is 1. The molecule has 0 aliphatic carbocycles. The summed E-state index contributed by atoms with van der Waals surface area (Å²) < 4.78 is 1.23. The van der Waals surface area contributed by atoms with E-state index < -0.39 is 0 Å². The molecule has 0 aliphatic heterocycles. The van der Waals surface area contributed by atoms with Crippen LogP contribution in [0.1, 0.15) is 90.9 Å². The number of unbranched alkanes of at least 4 members (excludes halogenated alkanes) is 10. The third-order valence-electron chi connectivity index (χ3n) is 4.23. The van der Waals surface area contributed by atoms with Crippen LogP contribution in [0.25, 0.3) is 0 Å². The molecule has 0 fully saturated rings. The predicted molar refractivity (Wildman–Crippen MR) is 88.6 cm³/mol. The average molecular weight is 271 g/mol. The molecule has 0 radical (unpaired) electrons. The molecule has 0 unspecified atom stereocenters. The Morgan fingerprint density at radius 2 is 0.789 bits per heavy atom. The maximum Gasteiger partial charge on any atom is 0.0782 e. The molecule has 0 heterocycles. The van der Waals surface area contributed by atoms with Crippen LogP contribution in [0.15, 0.2) is 0 Å². The minimum absolute atomic E-state index is 1.23. The molecule has 0 amide bonds. The lowest BCUT2D eigenvalue weighted by molar-refractivity contribution is -0.890. The Labute approximate surface area is 123 Å². The molecular weight excluding hydrogens is 230 g/mol. The van der Waals surface area contributed by atoms with Gasteiger partial charge in [0.05, 0.1) is 27.2 Å². The highest BCUT2D eigenvalue weighted by molar-refractivity contribution is 4.47. The number of hydrogen-bond acceptors (Lipinski definition) is 0. The third-order valence-corrected chi connectivity index (χ3v) is 4.23. The summed E-state index contributed by atoms with van der Waals surface area (Å²) in [6.07, 6.45) is 17.1. The molecule has 19 heavy (non-hydrogen) atoms. The quantitative estimate of drug-likeness (QED) is 0.277. The zero-order valence-corrected chi connectivity index (χ0v) is 14.3. The molecule has 1 nitrogen and oxygen atoms in total. The monoisotopic (exact) mass is 270 g/mol. The summed E-state index contributed by atoms with van der Waals surface area (Å²) in [6.45, 7) is 7.32. The predicted octanol–water partition coefficient (Wildman–Crippen LogP) is 5.78. The first-order chi connectivity index (χ1) is 9.12. The van der Waals surface area contributed by atoms with E-state index in [1.807, 2.05) is 0 Å². The lowest BCUT2D eigenvalue weighted by Crippen LogP contribution is -2.41. The molecule has 0 N–H and O–H groups in total. The second kappa shape index (κ2) is 13.0. The van der Waals surface area contributed by atoms with Gasteiger partial charge in [-0.15, -0.1) is 0 Å². The Morgan fingerprint density at radius 1 is 0.474 bits per heavy atom. The van der Waals surface area contributed by atoms with Crippen LogP contribution in [-0.2, 0) is 0 Å². The summed E-state index contributed by atoms with van der Waals surface area (Å²) in [4.78, 5) is 0. The molecule has 1 heteroatoms. The standard InChI is InChI=1S/C18H40N/c1-5-7-9-10-11-12-13-14-16-18-19(3,4)17-15-8-6-2/h5-18H2,1-4H3/q+1. The Morgan fingerprint density at radius 3 is 1.26 bits per heavy atom. The van der Waals surface area contributed by atoms with Crippen molar-refractivity contribution >= 4 is 0 Å². The van der Waals surface area contributed by atoms with Crippen molar-refractivity contribution in [3.63, 3.8) is 0 Å². The van der Waals surface area contributed by atoms with Crippen LogP contribution in [0.4, 0.5) is 0 Å². The highest BCUT2D eigenvalue weighted by Crippen LogP contribution is 2.11. The van der Waals surface area contributed by atoms with Crippen LogP contribution in [0.3, 0.4) is 0 Å². The van der Waals surface area contributed by atoms with E-state index in [0.717, 1.165) is 0 Å². The lowest BCUT2D eigenvalue weighted by Gasteiger charge is -2.29. The summed E-state index contributed by atoms with van der Waals surface area (Å²) >= 11 is 0. The van der Waals surface area contributed by atoms with Crippen molar-refractivity contribution in [1.29, 1.82) is 0 Å². The van der Waals surface area contributed by atoms with Gasteiger partial charge in [-0.25, -0.2) is 0 Å². The van der Waals surface area contributed by atoms with Gasteiger partial charge >= 0.3 is 0 Å². The fourth-order valence-corrected chi connectivity index (χ4v) is 2.75. The van der Waals surface area contributed by atoms with Crippen molar-refractivity contribution in [1.82, 2.24) is 0 Å². The second-order valence-corrected chi connectivity index (χ2v) is 6.92. The molecular formula is C18H40N+. The minimum atomic E-state index is 1.23. The van der Waals surface area contributed by atoms with Crippen LogP contribution in [0.2, 0.25) is 0 Å². The van der Waals surface area contributed by atoms with E-state index in [1.54, 1.807) is 0 Å². The zero-order valence-electron chi connectivity index (χ0n) is 14.3. The van der Waals surface area contributed by atoms with Crippen LogP contribution in [-0.4, -0.2) is 31.7 Å². The third kappa shape index (κ3) is 14.2. The van der Waals surface area contributed by atoms with Gasteiger partial charge in [0.25, 0.3) is 0 Å². The van der Waals surface area contributed by atoms with Crippen molar-refractivity contribution in [3.05, 3.63) is 0 Å². The van der Waals surface area contributed by atoms with Gasteiger partial charge in [0.15, 0.2) is 0 Å². The lowest BCUT2D eigenvalue weighted by atomic mass is 10.1. The minimum Gasteiger partial charge on any atom is -0.328 e. The molecule has 0 aromatic carbocycles. The second-order valence-electron chi connectivity index (χ2n) is 6.92. The fraction of sp³-hybridized carbons (Fsp3) is 1.00. The van der Waals surface area contributed by atoms with E-state index >= 15 is 0 Å². The van der Waals surface area contributed by atoms with E-state index in [4.69, 9.17) is 0 Å². The topological polar surface area (TPSA) is 0 Å². The van der Waals surface area contributed by atoms with Crippen molar-refractivity contribution in [3.8, 4) is 0 Å². The van der Waals surface area contributed by atoms with Crippen LogP contribution in [0.5, 0.6) is 0 Å². The van der Waals surface area contributed by atoms with Gasteiger partial charge in [-0.2, -0.15) is 0 Å². The molecule has 0 rings (SSSR count). The van der Waals surface area contributed by atoms with E-state index in [0.29, 0.717) is 0 Å². The van der Waals surface area contributed by atoms with Crippen molar-refractivity contribution < 1.29 is 4.48 Å².